The van der Waals surface area contributed by atoms with Gasteiger partial charge in [0.2, 0.25) is 5.91 Å². The zero-order valence-electron chi connectivity index (χ0n) is 17.2. The molecule has 3 aromatic rings. The van der Waals surface area contributed by atoms with Gasteiger partial charge in [-0.15, -0.1) is 0 Å². The van der Waals surface area contributed by atoms with Crippen molar-refractivity contribution in [3.05, 3.63) is 78.1 Å². The molecule has 0 saturated heterocycles. The number of ether oxygens (including phenoxy) is 1. The van der Waals surface area contributed by atoms with E-state index in [-0.39, 0.29) is 12.0 Å². The van der Waals surface area contributed by atoms with Crippen LogP contribution in [-0.4, -0.2) is 38.2 Å². The molecule has 1 aliphatic rings. The number of carbonyl (C=O) groups excluding carboxylic acids is 1. The molecule has 0 bridgehead atoms. The van der Waals surface area contributed by atoms with E-state index in [2.05, 4.69) is 16.4 Å². The minimum absolute atomic E-state index is 0.00457. The first-order valence-electron chi connectivity index (χ1n) is 10.1. The van der Waals surface area contributed by atoms with Crippen LogP contribution in [0.15, 0.2) is 71.9 Å². The normalized spacial score (nSPS) is 15.2. The lowest BCUT2D eigenvalue weighted by atomic mass is 10.0. The van der Waals surface area contributed by atoms with E-state index in [1.807, 2.05) is 36.4 Å². The van der Waals surface area contributed by atoms with E-state index in [9.17, 15) is 13.2 Å². The maximum atomic E-state index is 12.2. The second kappa shape index (κ2) is 8.89. The van der Waals surface area contributed by atoms with E-state index in [0.717, 1.165) is 28.0 Å². The Bertz CT molecular complexity index is 1180. The number of fused-ring (bicyclic) bond motifs is 1. The molecule has 2 aromatic carbocycles. The van der Waals surface area contributed by atoms with Gasteiger partial charge in [0.25, 0.3) is 0 Å². The lowest BCUT2D eigenvalue weighted by molar-refractivity contribution is -0.121. The SMILES string of the molecule is CS(=O)(=O)c1ccc(-c2ccc3c(c2)C[C@H](CNC(=O)CCc2cccnc2)O3)cc1. The maximum absolute atomic E-state index is 12.2. The van der Waals surface area contributed by atoms with Crippen LogP contribution in [0.4, 0.5) is 0 Å². The third-order valence-corrected chi connectivity index (χ3v) is 6.44. The van der Waals surface area contributed by atoms with E-state index >= 15 is 0 Å². The molecule has 1 amide bonds. The van der Waals surface area contributed by atoms with Crippen molar-refractivity contribution < 1.29 is 17.9 Å². The molecule has 1 N–H and O–H groups in total. The van der Waals surface area contributed by atoms with Gasteiger partial charge < -0.3 is 10.1 Å². The Labute approximate surface area is 182 Å². The molecule has 6 nitrogen and oxygen atoms in total. The number of amides is 1. The average Bonchev–Trinajstić information content (AvgIpc) is 3.19. The van der Waals surface area contributed by atoms with E-state index in [1.54, 1.807) is 24.5 Å². The van der Waals surface area contributed by atoms with Crippen molar-refractivity contribution in [1.82, 2.24) is 10.3 Å². The summed E-state index contributed by atoms with van der Waals surface area (Å²) in [5.74, 6) is 0.821. The fraction of sp³-hybridized carbons (Fsp3) is 0.250. The van der Waals surface area contributed by atoms with Gasteiger partial charge in [-0.05, 0) is 59.0 Å². The maximum Gasteiger partial charge on any atom is 0.220 e. The number of aryl methyl sites for hydroxylation is 1. The summed E-state index contributed by atoms with van der Waals surface area (Å²) in [6.07, 6.45) is 6.39. The minimum Gasteiger partial charge on any atom is -0.488 e. The number of aromatic nitrogens is 1. The second-order valence-corrected chi connectivity index (χ2v) is 9.74. The van der Waals surface area contributed by atoms with Gasteiger partial charge >= 0.3 is 0 Å². The highest BCUT2D eigenvalue weighted by atomic mass is 32.2. The lowest BCUT2D eigenvalue weighted by Gasteiger charge is -2.12. The third kappa shape index (κ3) is 5.30. The van der Waals surface area contributed by atoms with Crippen LogP contribution in [0.1, 0.15) is 17.5 Å². The zero-order valence-corrected chi connectivity index (χ0v) is 18.1. The van der Waals surface area contributed by atoms with Gasteiger partial charge in [0.15, 0.2) is 9.84 Å². The molecule has 1 aliphatic heterocycles. The number of sulfone groups is 1. The number of rotatable bonds is 7. The van der Waals surface area contributed by atoms with Crippen LogP contribution in [0.3, 0.4) is 0 Å². The van der Waals surface area contributed by atoms with Gasteiger partial charge in [-0.1, -0.05) is 24.3 Å². The van der Waals surface area contributed by atoms with E-state index < -0.39 is 9.84 Å². The Kier molecular flexibility index (Phi) is 6.04. The van der Waals surface area contributed by atoms with Crippen molar-refractivity contribution in [2.45, 2.75) is 30.3 Å². The van der Waals surface area contributed by atoms with Gasteiger partial charge in [0.1, 0.15) is 11.9 Å². The molecule has 0 unspecified atom stereocenters. The largest absolute Gasteiger partial charge is 0.488 e. The highest BCUT2D eigenvalue weighted by Crippen LogP contribution is 2.33. The van der Waals surface area contributed by atoms with Crippen LogP contribution in [0.5, 0.6) is 5.75 Å². The van der Waals surface area contributed by atoms with Crippen molar-refractivity contribution in [3.8, 4) is 16.9 Å². The first kappa shape index (κ1) is 21.1. The number of hydrogen-bond donors (Lipinski definition) is 1. The molecule has 4 rings (SSSR count). The molecule has 160 valence electrons. The number of nitrogens with zero attached hydrogens (tertiary/aromatic N) is 1. The average molecular weight is 437 g/mol. The van der Waals surface area contributed by atoms with E-state index in [1.165, 1.54) is 6.26 Å². The molecule has 0 radical (unpaired) electrons. The molecule has 1 aromatic heterocycles. The van der Waals surface area contributed by atoms with Crippen LogP contribution < -0.4 is 10.1 Å². The number of carbonyl (C=O) groups is 1. The smallest absolute Gasteiger partial charge is 0.220 e. The van der Waals surface area contributed by atoms with Crippen LogP contribution >= 0.6 is 0 Å². The number of hydrogen-bond acceptors (Lipinski definition) is 5. The summed E-state index contributed by atoms with van der Waals surface area (Å²) >= 11 is 0. The summed E-state index contributed by atoms with van der Waals surface area (Å²) < 4.78 is 29.3. The monoisotopic (exact) mass is 436 g/mol. The fourth-order valence-corrected chi connectivity index (χ4v) is 4.26. The summed E-state index contributed by atoms with van der Waals surface area (Å²) in [6, 6.07) is 16.7. The second-order valence-electron chi connectivity index (χ2n) is 7.73. The Hall–Kier alpha value is -3.19. The number of pyridine rings is 1. The molecule has 0 fully saturated rings. The van der Waals surface area contributed by atoms with Gasteiger partial charge in [0, 0.05) is 31.5 Å². The Morgan fingerprint density at radius 1 is 1.13 bits per heavy atom. The standard InChI is InChI=1S/C24H24N2O4S/c1-31(28,29)22-8-5-18(6-9-22)19-7-10-23-20(13-19)14-21(30-23)16-26-24(27)11-4-17-3-2-12-25-15-17/h2-3,5-10,12-13,15,21H,4,11,14,16H2,1H3,(H,26,27)/t21-/m1/s1. The molecule has 0 saturated carbocycles. The highest BCUT2D eigenvalue weighted by Gasteiger charge is 2.23. The topological polar surface area (TPSA) is 85.4 Å². The van der Waals surface area contributed by atoms with Gasteiger partial charge in [-0.3, -0.25) is 9.78 Å². The van der Waals surface area contributed by atoms with Crippen molar-refractivity contribution in [1.29, 1.82) is 0 Å². The van der Waals surface area contributed by atoms with Crippen LogP contribution in [0.25, 0.3) is 11.1 Å². The van der Waals surface area contributed by atoms with Gasteiger partial charge in [-0.25, -0.2) is 8.42 Å². The van der Waals surface area contributed by atoms with Crippen molar-refractivity contribution in [2.75, 3.05) is 12.8 Å². The molecule has 31 heavy (non-hydrogen) atoms. The molecule has 7 heteroatoms. The van der Waals surface area contributed by atoms with E-state index in [0.29, 0.717) is 30.7 Å². The number of benzene rings is 2. The van der Waals surface area contributed by atoms with Crippen molar-refractivity contribution >= 4 is 15.7 Å². The summed E-state index contributed by atoms with van der Waals surface area (Å²) in [5, 5.41) is 2.96. The highest BCUT2D eigenvalue weighted by molar-refractivity contribution is 7.90. The summed E-state index contributed by atoms with van der Waals surface area (Å²) in [7, 11) is -3.21. The van der Waals surface area contributed by atoms with Gasteiger partial charge in [0.05, 0.1) is 11.4 Å². The summed E-state index contributed by atoms with van der Waals surface area (Å²) in [6.45, 7) is 0.457. The summed E-state index contributed by atoms with van der Waals surface area (Å²) in [5.41, 5.74) is 4.07. The van der Waals surface area contributed by atoms with Gasteiger partial charge in [-0.2, -0.15) is 0 Å². The van der Waals surface area contributed by atoms with Crippen molar-refractivity contribution in [2.24, 2.45) is 0 Å². The van der Waals surface area contributed by atoms with Crippen LogP contribution in [-0.2, 0) is 27.5 Å². The Morgan fingerprint density at radius 2 is 1.90 bits per heavy atom. The minimum atomic E-state index is -3.21. The van der Waals surface area contributed by atoms with E-state index in [4.69, 9.17) is 4.74 Å². The van der Waals surface area contributed by atoms with Crippen molar-refractivity contribution in [3.63, 3.8) is 0 Å². The first-order chi connectivity index (χ1) is 14.9. The molecule has 0 spiro atoms. The molecular weight excluding hydrogens is 412 g/mol. The quantitative estimate of drug-likeness (QED) is 0.615. The zero-order chi connectivity index (χ0) is 21.8. The summed E-state index contributed by atoms with van der Waals surface area (Å²) in [4.78, 5) is 16.5. The fourth-order valence-electron chi connectivity index (χ4n) is 3.63. The predicted molar refractivity (Wildman–Crippen MR) is 119 cm³/mol. The first-order valence-corrected chi connectivity index (χ1v) is 12.0. The third-order valence-electron chi connectivity index (χ3n) is 5.31. The predicted octanol–water partition coefficient (Wildman–Crippen LogP) is 3.20. The van der Waals surface area contributed by atoms with Crippen LogP contribution in [0, 0.1) is 0 Å². The Morgan fingerprint density at radius 3 is 2.61 bits per heavy atom. The molecule has 1 atom stereocenters. The molecule has 0 aliphatic carbocycles. The van der Waals surface area contributed by atoms with Crippen LogP contribution in [0.2, 0.25) is 0 Å². The number of nitrogens with one attached hydrogen (secondary N) is 1. The Balaban J connectivity index is 1.32. The molecular formula is C24H24N2O4S. The lowest BCUT2D eigenvalue weighted by Crippen LogP contribution is -2.34. The molecule has 2 heterocycles.